The molecule has 0 aliphatic heterocycles. The summed E-state index contributed by atoms with van der Waals surface area (Å²) < 4.78 is 10.5. The minimum atomic E-state index is 0.356. The maximum absolute atomic E-state index is 5.54. The SMILES string of the molecule is CNC(COCCOC)Cc1ccc(C)cc1. The topological polar surface area (TPSA) is 30.5 Å². The number of rotatable bonds is 8. The largest absolute Gasteiger partial charge is 0.382 e. The van der Waals surface area contributed by atoms with E-state index in [9.17, 15) is 0 Å². The van der Waals surface area contributed by atoms with Crippen LogP contribution < -0.4 is 5.32 Å². The molecule has 1 rings (SSSR count). The van der Waals surface area contributed by atoms with Gasteiger partial charge in [0.25, 0.3) is 0 Å². The highest BCUT2D eigenvalue weighted by atomic mass is 16.5. The van der Waals surface area contributed by atoms with E-state index in [1.54, 1.807) is 7.11 Å². The third-order valence-corrected chi connectivity index (χ3v) is 2.76. The van der Waals surface area contributed by atoms with Crippen LogP contribution in [-0.4, -0.2) is 40.0 Å². The Hall–Kier alpha value is -0.900. The van der Waals surface area contributed by atoms with Gasteiger partial charge in [0.05, 0.1) is 19.8 Å². The summed E-state index contributed by atoms with van der Waals surface area (Å²) in [6, 6.07) is 9.00. The zero-order valence-electron chi connectivity index (χ0n) is 11.0. The first kappa shape index (κ1) is 14.2. The lowest BCUT2D eigenvalue weighted by Crippen LogP contribution is -2.33. The maximum atomic E-state index is 5.54. The average molecular weight is 237 g/mol. The third-order valence-electron chi connectivity index (χ3n) is 2.76. The molecule has 1 aromatic carbocycles. The van der Waals surface area contributed by atoms with Gasteiger partial charge in [-0.3, -0.25) is 0 Å². The number of ether oxygens (including phenoxy) is 2. The highest BCUT2D eigenvalue weighted by Crippen LogP contribution is 2.06. The first-order valence-corrected chi connectivity index (χ1v) is 6.05. The minimum absolute atomic E-state index is 0.356. The molecule has 17 heavy (non-hydrogen) atoms. The molecule has 1 N–H and O–H groups in total. The van der Waals surface area contributed by atoms with Crippen LogP contribution in [0.15, 0.2) is 24.3 Å². The Kier molecular flexibility index (Phi) is 6.86. The smallest absolute Gasteiger partial charge is 0.0701 e. The van der Waals surface area contributed by atoms with Crippen molar-refractivity contribution < 1.29 is 9.47 Å². The van der Waals surface area contributed by atoms with E-state index in [4.69, 9.17) is 9.47 Å². The zero-order valence-corrected chi connectivity index (χ0v) is 11.0. The van der Waals surface area contributed by atoms with E-state index in [0.717, 1.165) is 6.42 Å². The molecule has 3 heteroatoms. The van der Waals surface area contributed by atoms with Crippen molar-refractivity contribution in [3.8, 4) is 0 Å². The summed E-state index contributed by atoms with van der Waals surface area (Å²) in [5.41, 5.74) is 2.64. The van der Waals surface area contributed by atoms with Gasteiger partial charge in [-0.05, 0) is 26.0 Å². The molecule has 0 aromatic heterocycles. The molecule has 0 fully saturated rings. The Bertz CT molecular complexity index is 298. The molecule has 0 saturated heterocycles. The highest BCUT2D eigenvalue weighted by molar-refractivity contribution is 5.22. The number of aryl methyl sites for hydroxylation is 1. The lowest BCUT2D eigenvalue weighted by molar-refractivity contribution is 0.0598. The molecule has 1 unspecified atom stereocenters. The summed E-state index contributed by atoms with van der Waals surface area (Å²) in [7, 11) is 3.66. The quantitative estimate of drug-likeness (QED) is 0.699. The predicted molar refractivity (Wildman–Crippen MR) is 70.4 cm³/mol. The molecule has 0 radical (unpaired) electrons. The van der Waals surface area contributed by atoms with E-state index < -0.39 is 0 Å². The van der Waals surface area contributed by atoms with Crippen LogP contribution in [0.4, 0.5) is 0 Å². The normalized spacial score (nSPS) is 12.6. The molecule has 0 saturated carbocycles. The second-order valence-electron chi connectivity index (χ2n) is 4.24. The average Bonchev–Trinajstić information content (AvgIpc) is 2.35. The fourth-order valence-corrected chi connectivity index (χ4v) is 1.62. The van der Waals surface area contributed by atoms with Crippen molar-refractivity contribution in [1.82, 2.24) is 5.32 Å². The van der Waals surface area contributed by atoms with Crippen LogP contribution in [0.1, 0.15) is 11.1 Å². The zero-order chi connectivity index (χ0) is 12.5. The van der Waals surface area contributed by atoms with Gasteiger partial charge in [0, 0.05) is 13.2 Å². The van der Waals surface area contributed by atoms with Gasteiger partial charge in [-0.25, -0.2) is 0 Å². The molecule has 0 bridgehead atoms. The molecule has 0 aliphatic carbocycles. The van der Waals surface area contributed by atoms with Gasteiger partial charge in [0.2, 0.25) is 0 Å². The second kappa shape index (κ2) is 8.23. The molecular formula is C14H23NO2. The summed E-state index contributed by atoms with van der Waals surface area (Å²) in [6.45, 7) is 4.13. The fraction of sp³-hybridized carbons (Fsp3) is 0.571. The van der Waals surface area contributed by atoms with E-state index in [2.05, 4.69) is 36.5 Å². The molecule has 0 aliphatic rings. The van der Waals surface area contributed by atoms with Gasteiger partial charge in [-0.1, -0.05) is 29.8 Å². The summed E-state index contributed by atoms with van der Waals surface area (Å²) in [6.07, 6.45) is 0.990. The lowest BCUT2D eigenvalue weighted by Gasteiger charge is -2.16. The molecule has 1 atom stereocenters. The lowest BCUT2D eigenvalue weighted by atomic mass is 10.1. The van der Waals surface area contributed by atoms with E-state index in [1.807, 2.05) is 7.05 Å². The molecule has 0 amide bonds. The minimum Gasteiger partial charge on any atom is -0.382 e. The summed E-state index contributed by atoms with van der Waals surface area (Å²) in [5, 5.41) is 3.28. The van der Waals surface area contributed by atoms with Crippen LogP contribution in [0.25, 0.3) is 0 Å². The Morgan fingerprint density at radius 3 is 2.47 bits per heavy atom. The summed E-state index contributed by atoms with van der Waals surface area (Å²) >= 11 is 0. The van der Waals surface area contributed by atoms with Crippen molar-refractivity contribution in [1.29, 1.82) is 0 Å². The standard InChI is InChI=1S/C14H23NO2/c1-12-4-6-13(7-5-12)10-14(15-2)11-17-9-8-16-3/h4-7,14-15H,8-11H2,1-3H3. The fourth-order valence-electron chi connectivity index (χ4n) is 1.62. The maximum Gasteiger partial charge on any atom is 0.0701 e. The van der Waals surface area contributed by atoms with Crippen LogP contribution in [0.3, 0.4) is 0 Å². The first-order chi connectivity index (χ1) is 8.26. The Morgan fingerprint density at radius 2 is 1.88 bits per heavy atom. The molecule has 96 valence electrons. The van der Waals surface area contributed by atoms with Crippen molar-refractivity contribution in [3.63, 3.8) is 0 Å². The van der Waals surface area contributed by atoms with Gasteiger partial charge < -0.3 is 14.8 Å². The van der Waals surface area contributed by atoms with E-state index in [0.29, 0.717) is 25.9 Å². The Balaban J connectivity index is 2.33. The van der Waals surface area contributed by atoms with Crippen LogP contribution in [0, 0.1) is 6.92 Å². The summed E-state index contributed by atoms with van der Waals surface area (Å²) in [4.78, 5) is 0. The van der Waals surface area contributed by atoms with Gasteiger partial charge in [0.15, 0.2) is 0 Å². The highest BCUT2D eigenvalue weighted by Gasteiger charge is 2.07. The molecular weight excluding hydrogens is 214 g/mol. The number of nitrogens with one attached hydrogen (secondary N) is 1. The van der Waals surface area contributed by atoms with Crippen LogP contribution in [-0.2, 0) is 15.9 Å². The molecule has 0 heterocycles. The van der Waals surface area contributed by atoms with Crippen molar-refractivity contribution in [2.24, 2.45) is 0 Å². The second-order valence-corrected chi connectivity index (χ2v) is 4.24. The third kappa shape index (κ3) is 5.82. The van der Waals surface area contributed by atoms with Crippen LogP contribution in [0.5, 0.6) is 0 Å². The number of likely N-dealkylation sites (N-methyl/N-ethyl adjacent to an activating group) is 1. The number of benzene rings is 1. The number of hydrogen-bond acceptors (Lipinski definition) is 3. The monoisotopic (exact) mass is 237 g/mol. The van der Waals surface area contributed by atoms with Crippen LogP contribution in [0.2, 0.25) is 0 Å². The molecule has 1 aromatic rings. The molecule has 0 spiro atoms. The van der Waals surface area contributed by atoms with Crippen LogP contribution >= 0.6 is 0 Å². The molecule has 3 nitrogen and oxygen atoms in total. The van der Waals surface area contributed by atoms with Gasteiger partial charge in [-0.15, -0.1) is 0 Å². The first-order valence-electron chi connectivity index (χ1n) is 6.05. The summed E-state index contributed by atoms with van der Waals surface area (Å²) in [5.74, 6) is 0. The van der Waals surface area contributed by atoms with Crippen molar-refractivity contribution in [2.75, 3.05) is 34.0 Å². The van der Waals surface area contributed by atoms with Gasteiger partial charge in [0.1, 0.15) is 0 Å². The van der Waals surface area contributed by atoms with E-state index in [-0.39, 0.29) is 0 Å². The number of hydrogen-bond donors (Lipinski definition) is 1. The number of methoxy groups -OCH3 is 1. The van der Waals surface area contributed by atoms with Crippen molar-refractivity contribution >= 4 is 0 Å². The van der Waals surface area contributed by atoms with Gasteiger partial charge in [-0.2, -0.15) is 0 Å². The van der Waals surface area contributed by atoms with E-state index >= 15 is 0 Å². The van der Waals surface area contributed by atoms with Gasteiger partial charge >= 0.3 is 0 Å². The predicted octanol–water partition coefficient (Wildman–Crippen LogP) is 1.79. The Labute approximate surface area is 104 Å². The van der Waals surface area contributed by atoms with E-state index in [1.165, 1.54) is 11.1 Å². The van der Waals surface area contributed by atoms with Crippen molar-refractivity contribution in [2.45, 2.75) is 19.4 Å². The Morgan fingerprint density at radius 1 is 1.18 bits per heavy atom. The van der Waals surface area contributed by atoms with Crippen molar-refractivity contribution in [3.05, 3.63) is 35.4 Å².